The van der Waals surface area contributed by atoms with E-state index >= 15 is 0 Å². The zero-order chi connectivity index (χ0) is 20.1. The molecule has 0 spiro atoms. The molecular formula is C25H40O3. The molecule has 0 aliphatic heterocycles. The van der Waals surface area contributed by atoms with Crippen LogP contribution in [0.5, 0.6) is 0 Å². The Morgan fingerprint density at radius 2 is 2.00 bits per heavy atom. The number of hydrogen-bond donors (Lipinski definition) is 1. The predicted molar refractivity (Wildman–Crippen MR) is 112 cm³/mol. The summed E-state index contributed by atoms with van der Waals surface area (Å²) in [7, 11) is 1.49. The van der Waals surface area contributed by atoms with Crippen LogP contribution in [0.4, 0.5) is 0 Å². The first kappa shape index (κ1) is 20.4. The summed E-state index contributed by atoms with van der Waals surface area (Å²) in [5, 5.41) is 10.2. The minimum atomic E-state index is -0.0727. The quantitative estimate of drug-likeness (QED) is 0.520. The standard InChI is InChI=1S/C25H40O3/c1-16(5-10-23(27)28-4)20-8-9-21-19-7-6-17-15-18(26)11-13-24(17,2)22(19)12-14-25(20,21)3/h12,14,16-22,26H,5-11,13,15H2,1-4H3/t16-,17+,18+,19-,20-,21+,22+,24-,25+/m0/s1. The Balaban J connectivity index is 1.53. The molecule has 0 radical (unpaired) electrons. The average Bonchev–Trinajstić information content (AvgIpc) is 3.03. The van der Waals surface area contributed by atoms with Crippen LogP contribution in [0.2, 0.25) is 0 Å². The summed E-state index contributed by atoms with van der Waals surface area (Å²) < 4.78 is 4.86. The molecule has 0 bridgehead atoms. The Labute approximate surface area is 171 Å². The summed E-state index contributed by atoms with van der Waals surface area (Å²) in [6.07, 6.45) is 15.1. The summed E-state index contributed by atoms with van der Waals surface area (Å²) in [6, 6.07) is 0. The van der Waals surface area contributed by atoms with Gasteiger partial charge >= 0.3 is 5.97 Å². The van der Waals surface area contributed by atoms with Gasteiger partial charge in [-0.15, -0.1) is 0 Å². The van der Waals surface area contributed by atoms with E-state index in [1.165, 1.54) is 39.2 Å². The highest BCUT2D eigenvalue weighted by atomic mass is 16.5. The van der Waals surface area contributed by atoms with Gasteiger partial charge < -0.3 is 9.84 Å². The second-order valence-electron chi connectivity index (χ2n) is 11.0. The zero-order valence-electron chi connectivity index (χ0n) is 18.3. The predicted octanol–water partition coefficient (Wildman–Crippen LogP) is 5.37. The van der Waals surface area contributed by atoms with Gasteiger partial charge in [0.2, 0.25) is 0 Å². The monoisotopic (exact) mass is 388 g/mol. The third-order valence-electron chi connectivity index (χ3n) is 9.86. The number of carbonyl (C=O) groups excluding carboxylic acids is 1. The molecule has 28 heavy (non-hydrogen) atoms. The van der Waals surface area contributed by atoms with E-state index in [1.807, 2.05) is 0 Å². The molecular weight excluding hydrogens is 348 g/mol. The normalized spacial score (nSPS) is 48.3. The minimum Gasteiger partial charge on any atom is -0.469 e. The van der Waals surface area contributed by atoms with Gasteiger partial charge in [-0.2, -0.15) is 0 Å². The maximum Gasteiger partial charge on any atom is 0.305 e. The van der Waals surface area contributed by atoms with Crippen molar-refractivity contribution in [2.24, 2.45) is 46.3 Å². The molecule has 4 rings (SSSR count). The van der Waals surface area contributed by atoms with E-state index in [0.29, 0.717) is 35.5 Å². The van der Waals surface area contributed by atoms with Crippen molar-refractivity contribution < 1.29 is 14.6 Å². The lowest BCUT2D eigenvalue weighted by Crippen LogP contribution is -2.52. The summed E-state index contributed by atoms with van der Waals surface area (Å²) in [4.78, 5) is 11.6. The second kappa shape index (κ2) is 7.45. The third-order valence-corrected chi connectivity index (χ3v) is 9.86. The Kier molecular flexibility index (Phi) is 5.44. The van der Waals surface area contributed by atoms with E-state index in [4.69, 9.17) is 4.74 Å². The number of allylic oxidation sites excluding steroid dienone is 2. The number of rotatable bonds is 4. The molecule has 3 saturated carbocycles. The fourth-order valence-corrected chi connectivity index (χ4v) is 8.20. The van der Waals surface area contributed by atoms with Crippen molar-refractivity contribution in [3.63, 3.8) is 0 Å². The lowest BCUT2D eigenvalue weighted by Gasteiger charge is -2.58. The van der Waals surface area contributed by atoms with E-state index in [9.17, 15) is 9.90 Å². The number of fused-ring (bicyclic) bond motifs is 5. The van der Waals surface area contributed by atoms with Crippen molar-refractivity contribution in [3.05, 3.63) is 12.2 Å². The van der Waals surface area contributed by atoms with Crippen molar-refractivity contribution in [2.75, 3.05) is 7.11 Å². The Morgan fingerprint density at radius 3 is 2.75 bits per heavy atom. The van der Waals surface area contributed by atoms with Crippen LogP contribution in [0.25, 0.3) is 0 Å². The van der Waals surface area contributed by atoms with Crippen LogP contribution in [0.3, 0.4) is 0 Å². The molecule has 158 valence electrons. The van der Waals surface area contributed by atoms with Crippen molar-refractivity contribution in [3.8, 4) is 0 Å². The topological polar surface area (TPSA) is 46.5 Å². The van der Waals surface area contributed by atoms with Gasteiger partial charge in [0.25, 0.3) is 0 Å². The lowest BCUT2D eigenvalue weighted by atomic mass is 9.46. The Bertz CT molecular complexity index is 627. The summed E-state index contributed by atoms with van der Waals surface area (Å²) in [6.45, 7) is 7.39. The lowest BCUT2D eigenvalue weighted by molar-refractivity contribution is -0.141. The van der Waals surface area contributed by atoms with E-state index in [1.54, 1.807) is 0 Å². The fraction of sp³-hybridized carbons (Fsp3) is 0.880. The summed E-state index contributed by atoms with van der Waals surface area (Å²) in [5.74, 6) is 4.16. The van der Waals surface area contributed by atoms with Crippen LogP contribution in [0.1, 0.15) is 78.6 Å². The molecule has 3 fully saturated rings. The first-order valence-electron chi connectivity index (χ1n) is 11.7. The molecule has 0 saturated heterocycles. The molecule has 4 aliphatic carbocycles. The molecule has 0 aromatic carbocycles. The van der Waals surface area contributed by atoms with Crippen molar-refractivity contribution in [1.82, 2.24) is 0 Å². The number of aliphatic hydroxyl groups excluding tert-OH is 1. The van der Waals surface area contributed by atoms with Gasteiger partial charge in [-0.1, -0.05) is 32.9 Å². The van der Waals surface area contributed by atoms with E-state index in [2.05, 4.69) is 32.9 Å². The highest BCUT2D eigenvalue weighted by Crippen LogP contribution is 2.66. The first-order valence-corrected chi connectivity index (χ1v) is 11.7. The fourth-order valence-electron chi connectivity index (χ4n) is 8.20. The molecule has 0 unspecified atom stereocenters. The number of esters is 1. The van der Waals surface area contributed by atoms with Crippen LogP contribution in [0.15, 0.2) is 12.2 Å². The van der Waals surface area contributed by atoms with Crippen molar-refractivity contribution in [1.29, 1.82) is 0 Å². The molecule has 3 nitrogen and oxygen atoms in total. The second-order valence-corrected chi connectivity index (χ2v) is 11.0. The van der Waals surface area contributed by atoms with Gasteiger partial charge in [0.05, 0.1) is 13.2 Å². The number of methoxy groups -OCH3 is 1. The highest BCUT2D eigenvalue weighted by Gasteiger charge is 2.58. The number of carbonyl (C=O) groups is 1. The molecule has 0 heterocycles. The van der Waals surface area contributed by atoms with Crippen LogP contribution in [-0.4, -0.2) is 24.3 Å². The van der Waals surface area contributed by atoms with Gasteiger partial charge in [0, 0.05) is 6.42 Å². The van der Waals surface area contributed by atoms with E-state index < -0.39 is 0 Å². The number of ether oxygens (including phenoxy) is 1. The smallest absolute Gasteiger partial charge is 0.305 e. The van der Waals surface area contributed by atoms with Crippen LogP contribution in [0, 0.1) is 46.3 Å². The number of hydrogen-bond acceptors (Lipinski definition) is 3. The SMILES string of the molecule is COC(=O)CC[C@H](C)[C@@H]1CC[C@@H]2[C@@H]3CC[C@@H]4C[C@H](O)CC[C@]4(C)[C@@H]3C=C[C@@]21C. The maximum absolute atomic E-state index is 11.6. The maximum atomic E-state index is 11.6. The van der Waals surface area contributed by atoms with Gasteiger partial charge in [-0.05, 0) is 97.7 Å². The molecule has 1 N–H and O–H groups in total. The Hall–Kier alpha value is -0.830. The molecule has 9 atom stereocenters. The Morgan fingerprint density at radius 1 is 1.21 bits per heavy atom. The summed E-state index contributed by atoms with van der Waals surface area (Å²) in [5.41, 5.74) is 0.669. The minimum absolute atomic E-state index is 0.0704. The zero-order valence-corrected chi connectivity index (χ0v) is 18.3. The third kappa shape index (κ3) is 3.16. The molecule has 0 aromatic heterocycles. The van der Waals surface area contributed by atoms with Gasteiger partial charge in [0.1, 0.15) is 0 Å². The molecule has 4 aliphatic rings. The van der Waals surface area contributed by atoms with Crippen molar-refractivity contribution >= 4 is 5.97 Å². The van der Waals surface area contributed by atoms with Crippen LogP contribution in [-0.2, 0) is 9.53 Å². The highest BCUT2D eigenvalue weighted by molar-refractivity contribution is 5.69. The largest absolute Gasteiger partial charge is 0.469 e. The first-order chi connectivity index (χ1) is 13.3. The molecule has 0 amide bonds. The van der Waals surface area contributed by atoms with Gasteiger partial charge in [-0.3, -0.25) is 4.79 Å². The molecule has 3 heteroatoms. The van der Waals surface area contributed by atoms with E-state index in [-0.39, 0.29) is 17.5 Å². The average molecular weight is 389 g/mol. The summed E-state index contributed by atoms with van der Waals surface area (Å²) >= 11 is 0. The van der Waals surface area contributed by atoms with Gasteiger partial charge in [0.15, 0.2) is 0 Å². The molecule has 0 aromatic rings. The van der Waals surface area contributed by atoms with Crippen LogP contribution < -0.4 is 0 Å². The van der Waals surface area contributed by atoms with Gasteiger partial charge in [-0.25, -0.2) is 0 Å². The van der Waals surface area contributed by atoms with E-state index in [0.717, 1.165) is 31.1 Å². The van der Waals surface area contributed by atoms with Crippen molar-refractivity contribution in [2.45, 2.75) is 84.7 Å². The number of aliphatic hydroxyl groups is 1. The van der Waals surface area contributed by atoms with Crippen LogP contribution >= 0.6 is 0 Å².